The zero-order chi connectivity index (χ0) is 17.8. The topological polar surface area (TPSA) is 92.5 Å². The van der Waals surface area contributed by atoms with Crippen LogP contribution in [0.4, 0.5) is 10.1 Å². The molecule has 130 valence electrons. The number of amides is 1. The summed E-state index contributed by atoms with van der Waals surface area (Å²) in [7, 11) is -2.00. The van der Waals surface area contributed by atoms with E-state index in [-0.39, 0.29) is 23.2 Å². The van der Waals surface area contributed by atoms with Crippen molar-refractivity contribution in [3.8, 4) is 0 Å². The molecule has 0 aliphatic rings. The van der Waals surface area contributed by atoms with Gasteiger partial charge < -0.3 is 10.6 Å². The molecule has 8 heteroatoms. The van der Waals surface area contributed by atoms with Crippen molar-refractivity contribution in [3.05, 3.63) is 29.6 Å². The van der Waals surface area contributed by atoms with Gasteiger partial charge in [0.15, 0.2) is 0 Å². The Labute approximate surface area is 136 Å². The van der Waals surface area contributed by atoms with Crippen molar-refractivity contribution in [3.63, 3.8) is 0 Å². The van der Waals surface area contributed by atoms with Crippen LogP contribution in [-0.2, 0) is 10.0 Å². The van der Waals surface area contributed by atoms with Gasteiger partial charge in [0, 0.05) is 25.2 Å². The molecule has 1 atom stereocenters. The number of carbonyl (C=O) groups is 1. The number of nitrogens with two attached hydrogens (primary N) is 1. The van der Waals surface area contributed by atoms with E-state index in [1.807, 2.05) is 13.8 Å². The summed E-state index contributed by atoms with van der Waals surface area (Å²) < 4.78 is 38.1. The second-order valence-electron chi connectivity index (χ2n) is 5.99. The second-order valence-corrected chi connectivity index (χ2v) is 7.74. The zero-order valence-electron chi connectivity index (χ0n) is 13.8. The summed E-state index contributed by atoms with van der Waals surface area (Å²) in [5.74, 6) is -0.746. The third kappa shape index (κ3) is 6.15. The molecule has 0 saturated heterocycles. The van der Waals surface area contributed by atoms with Gasteiger partial charge in [0.25, 0.3) is 5.91 Å². The van der Waals surface area contributed by atoms with E-state index in [2.05, 4.69) is 4.72 Å². The monoisotopic (exact) mass is 345 g/mol. The molecule has 0 aliphatic heterocycles. The highest BCUT2D eigenvalue weighted by Gasteiger charge is 2.17. The Morgan fingerprint density at radius 3 is 2.52 bits per heavy atom. The number of benzene rings is 1. The second kappa shape index (κ2) is 7.74. The van der Waals surface area contributed by atoms with Crippen LogP contribution in [0.1, 0.15) is 30.6 Å². The average Bonchev–Trinajstić information content (AvgIpc) is 2.44. The van der Waals surface area contributed by atoms with Gasteiger partial charge in [-0.25, -0.2) is 12.8 Å². The normalized spacial score (nSPS) is 13.0. The van der Waals surface area contributed by atoms with E-state index in [0.717, 1.165) is 12.3 Å². The van der Waals surface area contributed by atoms with Crippen LogP contribution in [0.5, 0.6) is 0 Å². The van der Waals surface area contributed by atoms with Crippen molar-refractivity contribution in [1.82, 2.24) is 4.90 Å². The summed E-state index contributed by atoms with van der Waals surface area (Å²) in [5, 5.41) is 0. The molecule has 0 saturated carbocycles. The lowest BCUT2D eigenvalue weighted by Crippen LogP contribution is -2.34. The molecule has 0 heterocycles. The third-order valence-corrected chi connectivity index (χ3v) is 4.10. The summed E-state index contributed by atoms with van der Waals surface area (Å²) in [4.78, 5) is 13.8. The Balaban J connectivity index is 2.85. The molecular formula is C15H24FN3O3S. The van der Waals surface area contributed by atoms with Crippen molar-refractivity contribution in [2.45, 2.75) is 26.3 Å². The van der Waals surface area contributed by atoms with Gasteiger partial charge in [0.1, 0.15) is 5.82 Å². The number of rotatable bonds is 7. The van der Waals surface area contributed by atoms with Gasteiger partial charge in [-0.15, -0.1) is 0 Å². The van der Waals surface area contributed by atoms with E-state index >= 15 is 0 Å². The molecule has 1 rings (SSSR count). The molecule has 1 amide bonds. The molecule has 0 radical (unpaired) electrons. The van der Waals surface area contributed by atoms with Crippen LogP contribution in [0.2, 0.25) is 0 Å². The molecule has 6 nitrogen and oxygen atoms in total. The number of nitrogens with one attached hydrogen (secondary N) is 1. The number of halogens is 1. The highest BCUT2D eigenvalue weighted by Crippen LogP contribution is 2.18. The van der Waals surface area contributed by atoms with E-state index in [0.29, 0.717) is 18.9 Å². The Hall–Kier alpha value is -1.67. The van der Waals surface area contributed by atoms with Crippen molar-refractivity contribution < 1.29 is 17.6 Å². The SMILES string of the molecule is CC(C)C(N)CCN(C)C(=O)c1ccc(F)c(NS(C)(=O)=O)c1. The summed E-state index contributed by atoms with van der Waals surface area (Å²) in [6.07, 6.45) is 1.57. The van der Waals surface area contributed by atoms with Gasteiger partial charge in [-0.3, -0.25) is 9.52 Å². The molecule has 1 aromatic rings. The van der Waals surface area contributed by atoms with E-state index in [4.69, 9.17) is 5.73 Å². The molecular weight excluding hydrogens is 321 g/mol. The largest absolute Gasteiger partial charge is 0.342 e. The zero-order valence-corrected chi connectivity index (χ0v) is 14.7. The maximum Gasteiger partial charge on any atom is 0.253 e. The van der Waals surface area contributed by atoms with Crippen LogP contribution < -0.4 is 10.5 Å². The predicted molar refractivity (Wildman–Crippen MR) is 89.3 cm³/mol. The summed E-state index contributed by atoms with van der Waals surface area (Å²) >= 11 is 0. The first-order valence-electron chi connectivity index (χ1n) is 7.29. The third-order valence-electron chi connectivity index (χ3n) is 3.51. The maximum absolute atomic E-state index is 13.6. The van der Waals surface area contributed by atoms with Crippen LogP contribution >= 0.6 is 0 Å². The minimum atomic E-state index is -3.62. The van der Waals surface area contributed by atoms with E-state index in [1.54, 1.807) is 7.05 Å². The fourth-order valence-electron chi connectivity index (χ4n) is 1.93. The Kier molecular flexibility index (Phi) is 6.52. The van der Waals surface area contributed by atoms with Crippen LogP contribution in [0.15, 0.2) is 18.2 Å². The van der Waals surface area contributed by atoms with E-state index in [1.165, 1.54) is 17.0 Å². The molecule has 0 aliphatic carbocycles. The molecule has 1 unspecified atom stereocenters. The standard InChI is InChI=1S/C15H24FN3O3S/c1-10(2)13(17)7-8-19(3)15(20)11-5-6-12(16)14(9-11)18-23(4,21)22/h5-6,9-10,13,18H,7-8,17H2,1-4H3. The van der Waals surface area contributed by atoms with Crippen LogP contribution in [0.3, 0.4) is 0 Å². The molecule has 0 aromatic heterocycles. The summed E-state index contributed by atoms with van der Waals surface area (Å²) in [6.45, 7) is 4.48. The molecule has 0 bridgehead atoms. The first-order chi connectivity index (χ1) is 10.5. The van der Waals surface area contributed by atoms with Gasteiger partial charge in [0.05, 0.1) is 11.9 Å². The lowest BCUT2D eigenvalue weighted by atomic mass is 10.0. The lowest BCUT2D eigenvalue weighted by molar-refractivity contribution is 0.0789. The number of anilines is 1. The van der Waals surface area contributed by atoms with Crippen molar-refractivity contribution in [1.29, 1.82) is 0 Å². The quantitative estimate of drug-likeness (QED) is 0.786. The number of hydrogen-bond donors (Lipinski definition) is 2. The molecule has 0 spiro atoms. The molecule has 23 heavy (non-hydrogen) atoms. The Morgan fingerprint density at radius 2 is 2.00 bits per heavy atom. The number of carbonyl (C=O) groups excluding carboxylic acids is 1. The maximum atomic E-state index is 13.6. The molecule has 3 N–H and O–H groups in total. The molecule has 0 fully saturated rings. The van der Waals surface area contributed by atoms with Crippen LogP contribution in [-0.4, -0.2) is 45.1 Å². The lowest BCUT2D eigenvalue weighted by Gasteiger charge is -2.22. The van der Waals surface area contributed by atoms with E-state index < -0.39 is 15.8 Å². The van der Waals surface area contributed by atoms with Crippen molar-refractivity contribution in [2.24, 2.45) is 11.7 Å². The Morgan fingerprint density at radius 1 is 1.39 bits per heavy atom. The number of hydrogen-bond acceptors (Lipinski definition) is 4. The average molecular weight is 345 g/mol. The van der Waals surface area contributed by atoms with Crippen molar-refractivity contribution in [2.75, 3.05) is 24.6 Å². The van der Waals surface area contributed by atoms with Gasteiger partial charge >= 0.3 is 0 Å². The highest BCUT2D eigenvalue weighted by molar-refractivity contribution is 7.92. The van der Waals surface area contributed by atoms with Gasteiger partial charge in [-0.2, -0.15) is 0 Å². The van der Waals surface area contributed by atoms with Gasteiger partial charge in [-0.05, 0) is 30.5 Å². The van der Waals surface area contributed by atoms with E-state index in [9.17, 15) is 17.6 Å². The first kappa shape index (κ1) is 19.4. The number of sulfonamides is 1. The number of nitrogens with zero attached hydrogens (tertiary/aromatic N) is 1. The molecule has 1 aromatic carbocycles. The summed E-state index contributed by atoms with van der Waals surface area (Å²) in [5.41, 5.74) is 5.91. The predicted octanol–water partition coefficient (Wildman–Crippen LogP) is 1.64. The smallest absolute Gasteiger partial charge is 0.253 e. The minimum absolute atomic E-state index is 0.0130. The fourth-order valence-corrected chi connectivity index (χ4v) is 2.49. The fraction of sp³-hybridized carbons (Fsp3) is 0.533. The van der Waals surface area contributed by atoms with Crippen LogP contribution in [0.25, 0.3) is 0 Å². The summed E-state index contributed by atoms with van der Waals surface area (Å²) in [6, 6.07) is 3.57. The first-order valence-corrected chi connectivity index (χ1v) is 9.18. The van der Waals surface area contributed by atoms with Gasteiger partial charge in [-0.1, -0.05) is 13.8 Å². The van der Waals surface area contributed by atoms with Crippen molar-refractivity contribution >= 4 is 21.6 Å². The minimum Gasteiger partial charge on any atom is -0.342 e. The highest BCUT2D eigenvalue weighted by atomic mass is 32.2. The van der Waals surface area contributed by atoms with Crippen LogP contribution in [0, 0.1) is 11.7 Å². The van der Waals surface area contributed by atoms with Gasteiger partial charge in [0.2, 0.25) is 10.0 Å². The Bertz CT molecular complexity index is 662.